The summed E-state index contributed by atoms with van der Waals surface area (Å²) in [6, 6.07) is 0. The molecule has 0 spiro atoms. The van der Waals surface area contributed by atoms with Crippen LogP contribution < -0.4 is 0 Å². The van der Waals surface area contributed by atoms with Crippen LogP contribution in [-0.4, -0.2) is 48.8 Å². The summed E-state index contributed by atoms with van der Waals surface area (Å²) in [5.74, 6) is -28.3. The maximum absolute atomic E-state index is 13.4. The van der Waals surface area contributed by atoms with Crippen molar-refractivity contribution in [3.63, 3.8) is 0 Å². The smallest absolute Gasteiger partial charge is 0.381 e. The zero-order valence-electron chi connectivity index (χ0n) is 12.6. The second-order valence-corrected chi connectivity index (χ2v) is 4.73. The third kappa shape index (κ3) is 4.69. The molecule has 0 amide bonds. The molecule has 0 aromatic rings. The summed E-state index contributed by atoms with van der Waals surface area (Å²) in [5, 5.41) is 0. The minimum absolute atomic E-state index is 0.262. The van der Waals surface area contributed by atoms with E-state index in [2.05, 4.69) is 22.6 Å². The van der Waals surface area contributed by atoms with Crippen LogP contribution in [0.5, 0.6) is 0 Å². The SMILES string of the molecule is C=CC(=O)OCC(F)(F)C(F)(F)C(F)(F)C(F)(F)COC(=O)C(=C)C. The summed E-state index contributed by atoms with van der Waals surface area (Å²) in [6.45, 7) is 1.38. The van der Waals surface area contributed by atoms with Gasteiger partial charge in [-0.2, -0.15) is 35.1 Å². The Hall–Kier alpha value is -2.14. The third-order valence-electron chi connectivity index (χ3n) is 2.61. The lowest BCUT2D eigenvalue weighted by Gasteiger charge is -2.36. The number of hydrogen-bond donors (Lipinski definition) is 0. The lowest BCUT2D eigenvalue weighted by molar-refractivity contribution is -0.374. The van der Waals surface area contributed by atoms with E-state index >= 15 is 0 Å². The molecule has 0 fully saturated rings. The molecule has 0 rings (SSSR count). The fourth-order valence-electron chi connectivity index (χ4n) is 1.14. The Balaban J connectivity index is 5.46. The Bertz CT molecular complexity index is 556. The summed E-state index contributed by atoms with van der Waals surface area (Å²) in [5.41, 5.74) is -0.521. The summed E-state index contributed by atoms with van der Waals surface area (Å²) in [7, 11) is 0. The van der Waals surface area contributed by atoms with Crippen LogP contribution in [0.4, 0.5) is 35.1 Å². The van der Waals surface area contributed by atoms with E-state index in [1.54, 1.807) is 0 Å². The van der Waals surface area contributed by atoms with Gasteiger partial charge in [0.25, 0.3) is 0 Å². The topological polar surface area (TPSA) is 52.6 Å². The van der Waals surface area contributed by atoms with E-state index in [9.17, 15) is 44.7 Å². The van der Waals surface area contributed by atoms with Crippen LogP contribution in [0.2, 0.25) is 0 Å². The largest absolute Gasteiger partial charge is 0.456 e. The van der Waals surface area contributed by atoms with Gasteiger partial charge in [-0.3, -0.25) is 0 Å². The lowest BCUT2D eigenvalue weighted by Crippen LogP contribution is -2.64. The standard InChI is InChI=1S/C13H12F8O4/c1-4-8(22)24-5-10(14,15)12(18,19)13(20,21)11(16,17)6-25-9(23)7(2)3/h4H,1-2,5-6H2,3H3. The van der Waals surface area contributed by atoms with Gasteiger partial charge >= 0.3 is 35.6 Å². The van der Waals surface area contributed by atoms with Crippen molar-refractivity contribution in [1.29, 1.82) is 0 Å². The van der Waals surface area contributed by atoms with Crippen molar-refractivity contribution in [1.82, 2.24) is 0 Å². The van der Waals surface area contributed by atoms with E-state index in [1.807, 2.05) is 0 Å². The van der Waals surface area contributed by atoms with E-state index in [4.69, 9.17) is 0 Å². The molecule has 0 atom stereocenters. The molecule has 4 nitrogen and oxygen atoms in total. The Morgan fingerprint density at radius 1 is 0.880 bits per heavy atom. The molecule has 0 bridgehead atoms. The molecule has 0 aromatic carbocycles. The molecular formula is C13H12F8O4. The van der Waals surface area contributed by atoms with Gasteiger partial charge in [0.15, 0.2) is 13.2 Å². The molecule has 144 valence electrons. The molecule has 0 N–H and O–H groups in total. The number of hydrogen-bond acceptors (Lipinski definition) is 4. The van der Waals surface area contributed by atoms with E-state index < -0.39 is 54.4 Å². The number of esters is 2. The van der Waals surface area contributed by atoms with Crippen LogP contribution in [0.25, 0.3) is 0 Å². The summed E-state index contributed by atoms with van der Waals surface area (Å²) in [4.78, 5) is 21.4. The van der Waals surface area contributed by atoms with Gasteiger partial charge in [-0.05, 0) is 6.92 Å². The van der Waals surface area contributed by atoms with Crippen LogP contribution >= 0.6 is 0 Å². The van der Waals surface area contributed by atoms with Crippen molar-refractivity contribution in [2.45, 2.75) is 30.6 Å². The number of ether oxygens (including phenoxy) is 2. The first kappa shape index (κ1) is 22.9. The summed E-state index contributed by atoms with van der Waals surface area (Å²) in [6.07, 6.45) is 0.262. The van der Waals surface area contributed by atoms with Gasteiger partial charge in [0.05, 0.1) is 0 Å². The molecule has 0 saturated carbocycles. The minimum atomic E-state index is -6.65. The summed E-state index contributed by atoms with van der Waals surface area (Å²) < 4.78 is 114. The molecule has 12 heteroatoms. The van der Waals surface area contributed by atoms with Crippen LogP contribution in [0.1, 0.15) is 6.92 Å². The number of rotatable bonds is 9. The van der Waals surface area contributed by atoms with Crippen molar-refractivity contribution < 1.29 is 54.2 Å². The molecule has 25 heavy (non-hydrogen) atoms. The van der Waals surface area contributed by atoms with Gasteiger partial charge in [-0.1, -0.05) is 13.2 Å². The first-order valence-electron chi connectivity index (χ1n) is 6.16. The minimum Gasteiger partial charge on any atom is -0.456 e. The lowest BCUT2D eigenvalue weighted by atomic mass is 9.99. The van der Waals surface area contributed by atoms with Gasteiger partial charge in [0.2, 0.25) is 0 Å². The van der Waals surface area contributed by atoms with E-state index in [-0.39, 0.29) is 6.08 Å². The van der Waals surface area contributed by atoms with Gasteiger partial charge in [-0.25, -0.2) is 9.59 Å². The van der Waals surface area contributed by atoms with Crippen molar-refractivity contribution in [2.75, 3.05) is 13.2 Å². The third-order valence-corrected chi connectivity index (χ3v) is 2.61. The maximum atomic E-state index is 13.4. The highest BCUT2D eigenvalue weighted by Crippen LogP contribution is 2.52. The highest BCUT2D eigenvalue weighted by molar-refractivity contribution is 5.86. The quantitative estimate of drug-likeness (QED) is 0.348. The van der Waals surface area contributed by atoms with E-state index in [0.717, 1.165) is 6.92 Å². The number of carbonyl (C=O) groups is 2. The highest BCUT2D eigenvalue weighted by Gasteiger charge is 2.81. The number of halogens is 8. The molecule has 0 saturated heterocycles. The summed E-state index contributed by atoms with van der Waals surface area (Å²) >= 11 is 0. The molecule has 0 aromatic heterocycles. The van der Waals surface area contributed by atoms with Crippen molar-refractivity contribution in [3.8, 4) is 0 Å². The van der Waals surface area contributed by atoms with Gasteiger partial charge < -0.3 is 9.47 Å². The molecule has 0 aliphatic carbocycles. The molecule has 0 radical (unpaired) electrons. The Morgan fingerprint density at radius 2 is 1.24 bits per heavy atom. The number of carbonyl (C=O) groups excluding carboxylic acids is 2. The van der Waals surface area contributed by atoms with Crippen LogP contribution in [-0.2, 0) is 19.1 Å². The zero-order valence-corrected chi connectivity index (χ0v) is 12.6. The molecule has 0 aliphatic rings. The van der Waals surface area contributed by atoms with Gasteiger partial charge in [0, 0.05) is 11.6 Å². The Morgan fingerprint density at radius 3 is 1.56 bits per heavy atom. The predicted octanol–water partition coefficient (Wildman–Crippen LogP) is 3.38. The van der Waals surface area contributed by atoms with Crippen molar-refractivity contribution in [2.24, 2.45) is 0 Å². The molecule has 0 aliphatic heterocycles. The van der Waals surface area contributed by atoms with Crippen LogP contribution in [0, 0.1) is 0 Å². The Labute approximate surface area is 136 Å². The van der Waals surface area contributed by atoms with Gasteiger partial charge in [0.1, 0.15) is 0 Å². The van der Waals surface area contributed by atoms with Gasteiger partial charge in [-0.15, -0.1) is 0 Å². The first-order chi connectivity index (χ1) is 11.0. The van der Waals surface area contributed by atoms with Crippen LogP contribution in [0.3, 0.4) is 0 Å². The second-order valence-electron chi connectivity index (χ2n) is 4.73. The first-order valence-corrected chi connectivity index (χ1v) is 6.16. The average Bonchev–Trinajstić information content (AvgIpc) is 2.49. The van der Waals surface area contributed by atoms with E-state index in [1.165, 1.54) is 0 Å². The number of alkyl halides is 8. The fourth-order valence-corrected chi connectivity index (χ4v) is 1.14. The predicted molar refractivity (Wildman–Crippen MR) is 66.7 cm³/mol. The molecule has 0 unspecified atom stereocenters. The normalized spacial score (nSPS) is 13.2. The van der Waals surface area contributed by atoms with Crippen molar-refractivity contribution >= 4 is 11.9 Å². The molecular weight excluding hydrogens is 372 g/mol. The van der Waals surface area contributed by atoms with Crippen molar-refractivity contribution in [3.05, 3.63) is 24.8 Å². The zero-order chi connectivity index (χ0) is 20.3. The highest BCUT2D eigenvalue weighted by atomic mass is 19.4. The maximum Gasteiger partial charge on any atom is 0.381 e. The Kier molecular flexibility index (Phi) is 6.76. The fraction of sp³-hybridized carbons (Fsp3) is 0.538. The second kappa shape index (κ2) is 7.40. The monoisotopic (exact) mass is 384 g/mol. The average molecular weight is 384 g/mol. The van der Waals surface area contributed by atoms with Crippen LogP contribution in [0.15, 0.2) is 24.8 Å². The molecule has 0 heterocycles. The van der Waals surface area contributed by atoms with E-state index in [0.29, 0.717) is 0 Å².